The lowest BCUT2D eigenvalue weighted by Gasteiger charge is -2.39. The van der Waals surface area contributed by atoms with Crippen LogP contribution in [-0.2, 0) is 10.2 Å². The second kappa shape index (κ2) is 8.27. The molecule has 0 aromatic carbocycles. The van der Waals surface area contributed by atoms with Gasteiger partial charge < -0.3 is 9.42 Å². The molecule has 152 valence electrons. The monoisotopic (exact) mass is 377 g/mol. The highest BCUT2D eigenvalue weighted by Crippen LogP contribution is 2.24. The van der Waals surface area contributed by atoms with Crippen molar-refractivity contribution in [2.24, 2.45) is 0 Å². The van der Waals surface area contributed by atoms with E-state index in [1.807, 2.05) is 0 Å². The van der Waals surface area contributed by atoms with Gasteiger partial charge in [-0.15, -0.1) is 0 Å². The second-order valence-corrected chi connectivity index (χ2v) is 9.13. The van der Waals surface area contributed by atoms with Gasteiger partial charge in [-0.2, -0.15) is 4.98 Å². The Hall–Kier alpha value is -1.47. The number of piperidine rings is 1. The van der Waals surface area contributed by atoms with Gasteiger partial charge in [0.15, 0.2) is 5.82 Å². The number of likely N-dealkylation sites (tertiary alicyclic amines) is 1. The van der Waals surface area contributed by atoms with Gasteiger partial charge in [0.2, 0.25) is 11.8 Å². The van der Waals surface area contributed by atoms with Gasteiger partial charge in [-0.05, 0) is 33.1 Å². The number of rotatable bonds is 4. The smallest absolute Gasteiger partial charge is 0.243 e. The van der Waals surface area contributed by atoms with E-state index >= 15 is 0 Å². The van der Waals surface area contributed by atoms with E-state index in [1.165, 1.54) is 6.42 Å². The highest BCUT2D eigenvalue weighted by molar-refractivity contribution is 5.78. The van der Waals surface area contributed by atoms with E-state index in [0.717, 1.165) is 51.4 Å². The first kappa shape index (κ1) is 20.3. The number of piperazine rings is 1. The summed E-state index contributed by atoms with van der Waals surface area (Å²) >= 11 is 0. The quantitative estimate of drug-likeness (QED) is 0.803. The predicted molar refractivity (Wildman–Crippen MR) is 104 cm³/mol. The first-order valence-corrected chi connectivity index (χ1v) is 10.4. The van der Waals surface area contributed by atoms with Gasteiger partial charge in [0.25, 0.3) is 0 Å². The van der Waals surface area contributed by atoms with Crippen molar-refractivity contribution in [2.75, 3.05) is 39.3 Å². The molecule has 3 heterocycles. The molecule has 1 amide bonds. The Kier molecular flexibility index (Phi) is 6.21. The number of carbonyl (C=O) groups excluding carboxylic acids is 1. The summed E-state index contributed by atoms with van der Waals surface area (Å²) in [6.45, 7) is 15.7. The Morgan fingerprint density at radius 2 is 1.89 bits per heavy atom. The SMILES string of the molecule is CC(c1nc(C(C)(C)C)no1)N1CCN(CC(=O)N2CCCCC2C)CC1. The van der Waals surface area contributed by atoms with Crippen LogP contribution in [0.15, 0.2) is 4.52 Å². The van der Waals surface area contributed by atoms with Crippen LogP contribution in [0.2, 0.25) is 0 Å². The molecule has 2 unspecified atom stereocenters. The first-order chi connectivity index (χ1) is 12.8. The molecule has 2 atom stereocenters. The van der Waals surface area contributed by atoms with Crippen molar-refractivity contribution >= 4 is 5.91 Å². The molecule has 1 aromatic heterocycles. The van der Waals surface area contributed by atoms with Gasteiger partial charge in [0.1, 0.15) is 0 Å². The maximum Gasteiger partial charge on any atom is 0.243 e. The minimum atomic E-state index is -0.105. The van der Waals surface area contributed by atoms with Crippen LogP contribution in [0, 0.1) is 0 Å². The van der Waals surface area contributed by atoms with Crippen molar-refractivity contribution in [3.05, 3.63) is 11.7 Å². The fourth-order valence-electron chi connectivity index (χ4n) is 3.93. The van der Waals surface area contributed by atoms with Gasteiger partial charge in [-0.3, -0.25) is 14.6 Å². The summed E-state index contributed by atoms with van der Waals surface area (Å²) < 4.78 is 5.51. The van der Waals surface area contributed by atoms with E-state index in [2.05, 4.69) is 59.5 Å². The predicted octanol–water partition coefficient (Wildman–Crippen LogP) is 2.45. The molecule has 7 heteroatoms. The van der Waals surface area contributed by atoms with Crippen LogP contribution in [-0.4, -0.2) is 76.1 Å². The molecule has 2 aliphatic rings. The Morgan fingerprint density at radius 3 is 2.48 bits per heavy atom. The number of nitrogens with zero attached hydrogens (tertiary/aromatic N) is 5. The van der Waals surface area contributed by atoms with E-state index in [-0.39, 0.29) is 17.4 Å². The molecule has 2 aliphatic heterocycles. The van der Waals surface area contributed by atoms with Crippen molar-refractivity contribution in [3.8, 4) is 0 Å². The van der Waals surface area contributed by atoms with Gasteiger partial charge >= 0.3 is 0 Å². The zero-order valence-electron chi connectivity index (χ0n) is 17.6. The van der Waals surface area contributed by atoms with Crippen molar-refractivity contribution < 1.29 is 9.32 Å². The van der Waals surface area contributed by atoms with Crippen LogP contribution in [0.3, 0.4) is 0 Å². The first-order valence-electron chi connectivity index (χ1n) is 10.4. The number of aromatic nitrogens is 2. The van der Waals surface area contributed by atoms with Crippen molar-refractivity contribution in [1.29, 1.82) is 0 Å². The number of hydrogen-bond acceptors (Lipinski definition) is 6. The molecular formula is C20H35N5O2. The van der Waals surface area contributed by atoms with Crippen molar-refractivity contribution in [3.63, 3.8) is 0 Å². The van der Waals surface area contributed by atoms with Crippen LogP contribution in [0.4, 0.5) is 0 Å². The van der Waals surface area contributed by atoms with Crippen molar-refractivity contribution in [2.45, 2.75) is 71.4 Å². The summed E-state index contributed by atoms with van der Waals surface area (Å²) in [5, 5.41) is 4.14. The van der Waals surface area contributed by atoms with E-state index < -0.39 is 0 Å². The van der Waals surface area contributed by atoms with Crippen LogP contribution >= 0.6 is 0 Å². The third kappa shape index (κ3) is 4.88. The molecule has 7 nitrogen and oxygen atoms in total. The molecule has 2 saturated heterocycles. The molecule has 0 bridgehead atoms. The second-order valence-electron chi connectivity index (χ2n) is 9.13. The largest absolute Gasteiger partial charge is 0.339 e. The molecule has 0 aliphatic carbocycles. The molecule has 1 aromatic rings. The molecular weight excluding hydrogens is 342 g/mol. The highest BCUT2D eigenvalue weighted by Gasteiger charge is 2.30. The van der Waals surface area contributed by atoms with Gasteiger partial charge in [-0.25, -0.2) is 0 Å². The average Bonchev–Trinajstić information content (AvgIpc) is 3.12. The highest BCUT2D eigenvalue weighted by atomic mass is 16.5. The topological polar surface area (TPSA) is 65.7 Å². The fraction of sp³-hybridized carbons (Fsp3) is 0.850. The number of amides is 1. The summed E-state index contributed by atoms with van der Waals surface area (Å²) in [7, 11) is 0. The average molecular weight is 378 g/mol. The Bertz CT molecular complexity index is 631. The molecule has 3 rings (SSSR count). The third-order valence-corrected chi connectivity index (χ3v) is 5.91. The number of carbonyl (C=O) groups is 1. The van der Waals surface area contributed by atoms with Gasteiger partial charge in [0.05, 0.1) is 12.6 Å². The summed E-state index contributed by atoms with van der Waals surface area (Å²) in [4.78, 5) is 24.0. The molecule has 0 N–H and O–H groups in total. The van der Waals surface area contributed by atoms with Gasteiger partial charge in [-0.1, -0.05) is 25.9 Å². The maximum absolute atomic E-state index is 12.6. The summed E-state index contributed by atoms with van der Waals surface area (Å²) in [5.41, 5.74) is -0.105. The Labute approximate surface area is 163 Å². The van der Waals surface area contributed by atoms with E-state index in [0.29, 0.717) is 18.5 Å². The van der Waals surface area contributed by atoms with Crippen LogP contribution in [0.25, 0.3) is 0 Å². The van der Waals surface area contributed by atoms with Crippen LogP contribution in [0.5, 0.6) is 0 Å². The zero-order valence-corrected chi connectivity index (χ0v) is 17.6. The maximum atomic E-state index is 12.6. The molecule has 0 spiro atoms. The van der Waals surface area contributed by atoms with E-state index in [4.69, 9.17) is 4.52 Å². The van der Waals surface area contributed by atoms with Crippen LogP contribution in [0.1, 0.15) is 71.6 Å². The normalized spacial score (nSPS) is 24.2. The lowest BCUT2D eigenvalue weighted by atomic mass is 9.96. The van der Waals surface area contributed by atoms with E-state index in [9.17, 15) is 4.79 Å². The minimum absolute atomic E-state index is 0.105. The Balaban J connectivity index is 1.49. The molecule has 0 saturated carbocycles. The van der Waals surface area contributed by atoms with Crippen molar-refractivity contribution in [1.82, 2.24) is 24.8 Å². The standard InChI is InChI=1S/C20H35N5O2/c1-15-8-6-7-9-25(15)17(26)14-23-10-12-24(13-11-23)16(2)18-21-19(22-27-18)20(3,4)5/h15-16H,6-14H2,1-5H3. The Morgan fingerprint density at radius 1 is 1.19 bits per heavy atom. The summed E-state index contributed by atoms with van der Waals surface area (Å²) in [6, 6.07) is 0.496. The molecule has 27 heavy (non-hydrogen) atoms. The zero-order chi connectivity index (χ0) is 19.6. The van der Waals surface area contributed by atoms with E-state index in [1.54, 1.807) is 0 Å². The lowest BCUT2D eigenvalue weighted by Crippen LogP contribution is -2.52. The summed E-state index contributed by atoms with van der Waals surface area (Å²) in [5.74, 6) is 1.73. The van der Waals surface area contributed by atoms with Crippen LogP contribution < -0.4 is 0 Å². The third-order valence-electron chi connectivity index (χ3n) is 5.91. The lowest BCUT2D eigenvalue weighted by molar-refractivity contribution is -0.136. The summed E-state index contributed by atoms with van der Waals surface area (Å²) in [6.07, 6.45) is 3.52. The van der Waals surface area contributed by atoms with Gasteiger partial charge in [0, 0.05) is 44.2 Å². The molecule has 0 radical (unpaired) electrons. The number of hydrogen-bond donors (Lipinski definition) is 0. The molecule has 2 fully saturated rings. The fourth-order valence-corrected chi connectivity index (χ4v) is 3.93. The minimum Gasteiger partial charge on any atom is -0.339 e.